The minimum atomic E-state index is -0.100. The van der Waals surface area contributed by atoms with E-state index in [0.717, 1.165) is 36.0 Å². The van der Waals surface area contributed by atoms with Crippen LogP contribution in [0, 0.1) is 24.1 Å². The standard InChI is InChI=1S/C19H28FNOS/c1-6-19(4,5)8-7-15-12(2)9-14(11-16(15)20)18-13(3)10-17(22)21-23-18/h9,11,13,18H,6-8,10H2,1-5H3,(H,21,22). The van der Waals surface area contributed by atoms with E-state index in [2.05, 4.69) is 38.5 Å². The summed E-state index contributed by atoms with van der Waals surface area (Å²) in [5.74, 6) is 0.184. The zero-order valence-corrected chi connectivity index (χ0v) is 15.6. The van der Waals surface area contributed by atoms with Crippen molar-refractivity contribution in [3.8, 4) is 0 Å². The van der Waals surface area contributed by atoms with E-state index in [1.54, 1.807) is 6.07 Å². The second-order valence-corrected chi connectivity index (χ2v) is 8.51. The smallest absolute Gasteiger partial charge is 0.230 e. The average Bonchev–Trinajstić information content (AvgIpc) is 2.46. The first-order valence-corrected chi connectivity index (χ1v) is 9.35. The van der Waals surface area contributed by atoms with Crippen molar-refractivity contribution in [1.82, 2.24) is 4.72 Å². The van der Waals surface area contributed by atoms with Gasteiger partial charge in [-0.05, 0) is 65.8 Å². The minimum absolute atomic E-state index is 0.0642. The summed E-state index contributed by atoms with van der Waals surface area (Å²) in [6.45, 7) is 10.7. The molecule has 2 rings (SSSR count). The summed E-state index contributed by atoms with van der Waals surface area (Å²) in [5, 5.41) is 0.127. The van der Waals surface area contributed by atoms with Gasteiger partial charge in [0.25, 0.3) is 0 Å². The molecule has 1 heterocycles. The Balaban J connectivity index is 2.18. The Morgan fingerprint density at radius 2 is 2.09 bits per heavy atom. The SMILES string of the molecule is CCC(C)(C)CCc1c(C)cc(C2SNC(=O)CC2C)cc1F. The summed E-state index contributed by atoms with van der Waals surface area (Å²) < 4.78 is 17.5. The third-order valence-corrected chi connectivity index (χ3v) is 6.44. The number of hydrogen-bond acceptors (Lipinski definition) is 2. The molecule has 23 heavy (non-hydrogen) atoms. The number of benzene rings is 1. The van der Waals surface area contributed by atoms with Crippen LogP contribution in [-0.4, -0.2) is 5.91 Å². The molecule has 1 saturated heterocycles. The fourth-order valence-electron chi connectivity index (χ4n) is 3.00. The number of rotatable bonds is 5. The molecular formula is C19H28FNOS. The van der Waals surface area contributed by atoms with Crippen molar-refractivity contribution < 1.29 is 9.18 Å². The van der Waals surface area contributed by atoms with Gasteiger partial charge in [0, 0.05) is 6.42 Å². The van der Waals surface area contributed by atoms with Crippen molar-refractivity contribution in [2.45, 2.75) is 65.6 Å². The monoisotopic (exact) mass is 337 g/mol. The quantitative estimate of drug-likeness (QED) is 0.734. The van der Waals surface area contributed by atoms with Gasteiger partial charge in [-0.3, -0.25) is 9.52 Å². The Hall–Kier alpha value is -1.03. The number of amides is 1. The number of carbonyl (C=O) groups excluding carboxylic acids is 1. The predicted molar refractivity (Wildman–Crippen MR) is 95.8 cm³/mol. The lowest BCUT2D eigenvalue weighted by Gasteiger charge is -2.29. The third-order valence-electron chi connectivity index (χ3n) is 5.10. The summed E-state index contributed by atoms with van der Waals surface area (Å²) in [5.41, 5.74) is 3.09. The van der Waals surface area contributed by atoms with E-state index in [4.69, 9.17) is 0 Å². The van der Waals surface area contributed by atoms with Crippen molar-refractivity contribution in [3.63, 3.8) is 0 Å². The van der Waals surface area contributed by atoms with Gasteiger partial charge in [-0.1, -0.05) is 40.2 Å². The second kappa shape index (κ2) is 7.25. The molecule has 0 bridgehead atoms. The maximum Gasteiger partial charge on any atom is 0.230 e. The molecule has 0 spiro atoms. The molecule has 1 aliphatic rings. The van der Waals surface area contributed by atoms with Crippen LogP contribution < -0.4 is 4.72 Å². The van der Waals surface area contributed by atoms with Crippen molar-refractivity contribution >= 4 is 17.9 Å². The molecule has 1 amide bonds. The lowest BCUT2D eigenvalue weighted by atomic mass is 9.83. The molecule has 2 unspecified atom stereocenters. The van der Waals surface area contributed by atoms with Gasteiger partial charge in [0.1, 0.15) is 5.82 Å². The largest absolute Gasteiger partial charge is 0.300 e. The Labute approximate surface area is 143 Å². The molecule has 0 aromatic heterocycles. The molecule has 2 atom stereocenters. The van der Waals surface area contributed by atoms with E-state index in [9.17, 15) is 9.18 Å². The second-order valence-electron chi connectivity index (χ2n) is 7.56. The van der Waals surface area contributed by atoms with Gasteiger partial charge >= 0.3 is 0 Å². The summed E-state index contributed by atoms with van der Waals surface area (Å²) in [4.78, 5) is 11.4. The van der Waals surface area contributed by atoms with Gasteiger partial charge in [-0.15, -0.1) is 0 Å². The van der Waals surface area contributed by atoms with E-state index in [0.29, 0.717) is 6.42 Å². The fraction of sp³-hybridized carbons (Fsp3) is 0.632. The molecule has 1 aromatic carbocycles. The van der Waals surface area contributed by atoms with Crippen LogP contribution in [0.4, 0.5) is 4.39 Å². The Morgan fingerprint density at radius 3 is 2.65 bits per heavy atom. The highest BCUT2D eigenvalue weighted by atomic mass is 32.2. The highest BCUT2D eigenvalue weighted by Crippen LogP contribution is 2.40. The molecule has 1 aromatic rings. The van der Waals surface area contributed by atoms with E-state index in [1.807, 2.05) is 6.92 Å². The first kappa shape index (κ1) is 18.3. The minimum Gasteiger partial charge on any atom is -0.300 e. The summed E-state index contributed by atoms with van der Waals surface area (Å²) in [6.07, 6.45) is 3.38. The molecule has 2 nitrogen and oxygen atoms in total. The molecule has 0 radical (unpaired) electrons. The number of nitrogens with one attached hydrogen (secondary N) is 1. The maximum absolute atomic E-state index is 14.7. The average molecular weight is 338 g/mol. The van der Waals surface area contributed by atoms with Crippen molar-refractivity contribution in [1.29, 1.82) is 0 Å². The predicted octanol–water partition coefficient (Wildman–Crippen LogP) is 5.35. The topological polar surface area (TPSA) is 29.1 Å². The Morgan fingerprint density at radius 1 is 1.39 bits per heavy atom. The Kier molecular flexibility index (Phi) is 5.77. The van der Waals surface area contributed by atoms with E-state index >= 15 is 0 Å². The number of halogens is 1. The van der Waals surface area contributed by atoms with Gasteiger partial charge in [-0.2, -0.15) is 0 Å². The molecule has 0 saturated carbocycles. The Bertz CT molecular complexity index is 562. The van der Waals surface area contributed by atoms with E-state index in [1.165, 1.54) is 11.9 Å². The zero-order chi connectivity index (χ0) is 17.2. The zero-order valence-electron chi connectivity index (χ0n) is 14.8. The van der Waals surface area contributed by atoms with Gasteiger partial charge in [0.15, 0.2) is 0 Å². The van der Waals surface area contributed by atoms with Crippen LogP contribution >= 0.6 is 11.9 Å². The highest BCUT2D eigenvalue weighted by Gasteiger charge is 2.29. The number of aryl methyl sites for hydroxylation is 1. The van der Waals surface area contributed by atoms with Gasteiger partial charge < -0.3 is 0 Å². The van der Waals surface area contributed by atoms with Crippen molar-refractivity contribution in [2.24, 2.45) is 11.3 Å². The molecule has 1 aliphatic heterocycles. The molecule has 4 heteroatoms. The summed E-state index contributed by atoms with van der Waals surface area (Å²) >= 11 is 1.41. The molecule has 128 valence electrons. The van der Waals surface area contributed by atoms with Crippen LogP contribution in [0.2, 0.25) is 0 Å². The van der Waals surface area contributed by atoms with Gasteiger partial charge in [0.2, 0.25) is 5.91 Å². The van der Waals surface area contributed by atoms with Crippen LogP contribution in [-0.2, 0) is 11.2 Å². The van der Waals surface area contributed by atoms with Crippen LogP contribution in [0.15, 0.2) is 12.1 Å². The third kappa shape index (κ3) is 4.50. The summed E-state index contributed by atoms with van der Waals surface area (Å²) in [7, 11) is 0. The number of hydrogen-bond donors (Lipinski definition) is 1. The van der Waals surface area contributed by atoms with Gasteiger partial charge in [0.05, 0.1) is 5.25 Å². The van der Waals surface area contributed by atoms with Crippen molar-refractivity contribution in [2.75, 3.05) is 0 Å². The van der Waals surface area contributed by atoms with Crippen LogP contribution in [0.5, 0.6) is 0 Å². The molecule has 1 fully saturated rings. The lowest BCUT2D eigenvalue weighted by molar-refractivity contribution is -0.120. The normalized spacial score (nSPS) is 22.1. The van der Waals surface area contributed by atoms with Crippen LogP contribution in [0.3, 0.4) is 0 Å². The van der Waals surface area contributed by atoms with Gasteiger partial charge in [-0.25, -0.2) is 4.39 Å². The van der Waals surface area contributed by atoms with E-state index in [-0.39, 0.29) is 28.3 Å². The van der Waals surface area contributed by atoms with Crippen molar-refractivity contribution in [3.05, 3.63) is 34.6 Å². The highest BCUT2D eigenvalue weighted by molar-refractivity contribution is 7.98. The van der Waals surface area contributed by atoms with E-state index < -0.39 is 0 Å². The molecule has 0 aliphatic carbocycles. The van der Waals surface area contributed by atoms with Crippen LogP contribution in [0.1, 0.15) is 68.9 Å². The lowest BCUT2D eigenvalue weighted by Crippen LogP contribution is -2.29. The fourth-order valence-corrected chi connectivity index (χ4v) is 3.95. The first-order valence-electron chi connectivity index (χ1n) is 8.47. The maximum atomic E-state index is 14.7. The summed E-state index contributed by atoms with van der Waals surface area (Å²) in [6, 6.07) is 3.77. The molecule has 1 N–H and O–H groups in total. The van der Waals surface area contributed by atoms with Crippen LogP contribution in [0.25, 0.3) is 0 Å². The first-order chi connectivity index (χ1) is 10.7. The number of carbonyl (C=O) groups is 1. The molecular weight excluding hydrogens is 309 g/mol.